The molecule has 0 amide bonds. The fraction of sp³-hybridized carbons (Fsp3) is 0.200. The molecule has 2 N–H and O–H groups in total. The van der Waals surface area contributed by atoms with E-state index in [0.717, 1.165) is 4.47 Å². The second-order valence-corrected chi connectivity index (χ2v) is 5.17. The van der Waals surface area contributed by atoms with Gasteiger partial charge >= 0.3 is 0 Å². The molecular weight excluding hydrogens is 325 g/mol. The van der Waals surface area contributed by atoms with Gasteiger partial charge in [-0.1, -0.05) is 22.0 Å². The molecule has 0 saturated heterocycles. The Hall–Kier alpha value is -1.59. The van der Waals surface area contributed by atoms with E-state index < -0.39 is 11.9 Å². The van der Waals surface area contributed by atoms with Gasteiger partial charge in [0, 0.05) is 21.7 Å². The Bertz CT molecular complexity index is 619. The first-order valence-corrected chi connectivity index (χ1v) is 6.78. The van der Waals surface area contributed by atoms with Crippen LogP contribution in [0, 0.1) is 5.82 Å². The van der Waals surface area contributed by atoms with E-state index in [2.05, 4.69) is 15.9 Å². The monoisotopic (exact) mass is 339 g/mol. The molecule has 0 bridgehead atoms. The van der Waals surface area contributed by atoms with Gasteiger partial charge in [0.25, 0.3) is 0 Å². The van der Waals surface area contributed by atoms with Crippen LogP contribution in [0.2, 0.25) is 0 Å². The van der Waals surface area contributed by atoms with E-state index in [4.69, 9.17) is 15.2 Å². The number of hydrogen-bond acceptors (Lipinski definition) is 3. The molecule has 0 aliphatic heterocycles. The van der Waals surface area contributed by atoms with E-state index in [0.29, 0.717) is 22.6 Å². The Morgan fingerprint density at radius 2 is 1.80 bits per heavy atom. The number of ether oxygens (including phenoxy) is 2. The second-order valence-electron chi connectivity index (χ2n) is 4.25. The van der Waals surface area contributed by atoms with Gasteiger partial charge in [-0.3, -0.25) is 0 Å². The van der Waals surface area contributed by atoms with Crippen molar-refractivity contribution in [2.45, 2.75) is 6.04 Å². The molecule has 0 radical (unpaired) electrons. The first kappa shape index (κ1) is 14.8. The minimum atomic E-state index is -0.617. The molecule has 0 fully saturated rings. The number of benzene rings is 2. The topological polar surface area (TPSA) is 44.5 Å². The number of nitrogens with two attached hydrogens (primary N) is 1. The third kappa shape index (κ3) is 2.94. The average molecular weight is 340 g/mol. The molecule has 20 heavy (non-hydrogen) atoms. The van der Waals surface area contributed by atoms with Crippen LogP contribution in [-0.4, -0.2) is 14.2 Å². The standard InChI is InChI=1S/C15H15BrFNO2/c1-19-10-4-5-11(13(17)8-10)15(18)12-7-9(16)3-6-14(12)20-2/h3-8,15H,18H2,1-2H3. The number of hydrogen-bond donors (Lipinski definition) is 1. The molecule has 5 heteroatoms. The summed E-state index contributed by atoms with van der Waals surface area (Å²) in [5, 5.41) is 0. The molecule has 0 heterocycles. The SMILES string of the molecule is COc1ccc(C(N)c2cc(Br)ccc2OC)c(F)c1. The van der Waals surface area contributed by atoms with E-state index in [1.807, 2.05) is 12.1 Å². The van der Waals surface area contributed by atoms with Crippen LogP contribution in [0.25, 0.3) is 0 Å². The molecule has 2 aromatic carbocycles. The Morgan fingerprint density at radius 1 is 1.05 bits per heavy atom. The van der Waals surface area contributed by atoms with Crippen LogP contribution < -0.4 is 15.2 Å². The quantitative estimate of drug-likeness (QED) is 0.924. The van der Waals surface area contributed by atoms with Crippen molar-refractivity contribution in [2.75, 3.05) is 14.2 Å². The third-order valence-electron chi connectivity index (χ3n) is 3.07. The maximum absolute atomic E-state index is 14.1. The minimum Gasteiger partial charge on any atom is -0.497 e. The summed E-state index contributed by atoms with van der Waals surface area (Å²) in [4.78, 5) is 0. The van der Waals surface area contributed by atoms with Gasteiger partial charge in [0.15, 0.2) is 0 Å². The summed E-state index contributed by atoms with van der Waals surface area (Å²) in [5.41, 5.74) is 7.28. The lowest BCUT2D eigenvalue weighted by Gasteiger charge is -2.17. The molecule has 2 aromatic rings. The molecule has 0 saturated carbocycles. The Kier molecular flexibility index (Phi) is 4.62. The summed E-state index contributed by atoms with van der Waals surface area (Å²) in [6.07, 6.45) is 0. The van der Waals surface area contributed by atoms with Crippen LogP contribution in [0.3, 0.4) is 0 Å². The highest BCUT2D eigenvalue weighted by molar-refractivity contribution is 9.10. The maximum atomic E-state index is 14.1. The van der Waals surface area contributed by atoms with Crippen molar-refractivity contribution in [1.29, 1.82) is 0 Å². The maximum Gasteiger partial charge on any atom is 0.132 e. The van der Waals surface area contributed by atoms with Crippen molar-refractivity contribution in [2.24, 2.45) is 5.73 Å². The smallest absolute Gasteiger partial charge is 0.132 e. The number of halogens is 2. The lowest BCUT2D eigenvalue weighted by atomic mass is 9.98. The molecule has 2 rings (SSSR count). The van der Waals surface area contributed by atoms with Gasteiger partial charge < -0.3 is 15.2 Å². The second kappa shape index (κ2) is 6.24. The molecule has 3 nitrogen and oxygen atoms in total. The molecular formula is C15H15BrFNO2. The van der Waals surface area contributed by atoms with Crippen LogP contribution in [0.15, 0.2) is 40.9 Å². The van der Waals surface area contributed by atoms with Crippen LogP contribution in [-0.2, 0) is 0 Å². The van der Waals surface area contributed by atoms with E-state index >= 15 is 0 Å². The predicted molar refractivity (Wildman–Crippen MR) is 79.7 cm³/mol. The largest absolute Gasteiger partial charge is 0.497 e. The Balaban J connectivity index is 2.45. The van der Waals surface area contributed by atoms with Crippen molar-refractivity contribution in [3.8, 4) is 11.5 Å². The van der Waals surface area contributed by atoms with E-state index in [-0.39, 0.29) is 0 Å². The molecule has 0 aliphatic rings. The van der Waals surface area contributed by atoms with Crippen molar-refractivity contribution in [1.82, 2.24) is 0 Å². The zero-order chi connectivity index (χ0) is 14.7. The first-order valence-electron chi connectivity index (χ1n) is 5.99. The highest BCUT2D eigenvalue weighted by atomic mass is 79.9. The fourth-order valence-corrected chi connectivity index (χ4v) is 2.38. The minimum absolute atomic E-state index is 0.391. The average Bonchev–Trinajstić information content (AvgIpc) is 2.46. The summed E-state index contributed by atoms with van der Waals surface area (Å²) in [7, 11) is 3.05. The number of methoxy groups -OCH3 is 2. The summed E-state index contributed by atoms with van der Waals surface area (Å²) >= 11 is 3.38. The number of rotatable bonds is 4. The van der Waals surface area contributed by atoms with Crippen molar-refractivity contribution in [3.63, 3.8) is 0 Å². The van der Waals surface area contributed by atoms with Gasteiger partial charge in [0.1, 0.15) is 17.3 Å². The normalized spacial score (nSPS) is 12.1. The summed E-state index contributed by atoms with van der Waals surface area (Å²) in [5.74, 6) is 0.675. The molecule has 1 atom stereocenters. The van der Waals surface area contributed by atoms with Crippen LogP contribution >= 0.6 is 15.9 Å². The van der Waals surface area contributed by atoms with E-state index in [9.17, 15) is 4.39 Å². The van der Waals surface area contributed by atoms with Crippen LogP contribution in [0.5, 0.6) is 11.5 Å². The highest BCUT2D eigenvalue weighted by Crippen LogP contribution is 2.32. The first-order chi connectivity index (χ1) is 9.56. The molecule has 106 valence electrons. The van der Waals surface area contributed by atoms with Crippen molar-refractivity contribution in [3.05, 3.63) is 57.8 Å². The zero-order valence-corrected chi connectivity index (χ0v) is 12.8. The van der Waals surface area contributed by atoms with E-state index in [1.54, 1.807) is 25.3 Å². The van der Waals surface area contributed by atoms with Crippen LogP contribution in [0.1, 0.15) is 17.2 Å². The Morgan fingerprint density at radius 3 is 2.40 bits per heavy atom. The van der Waals surface area contributed by atoms with Gasteiger partial charge in [-0.05, 0) is 24.3 Å². The summed E-state index contributed by atoms with van der Waals surface area (Å²) < 4.78 is 25.2. The summed E-state index contributed by atoms with van der Waals surface area (Å²) in [6.45, 7) is 0. The molecule has 0 spiro atoms. The van der Waals surface area contributed by atoms with Crippen molar-refractivity contribution < 1.29 is 13.9 Å². The van der Waals surface area contributed by atoms with Gasteiger partial charge in [0.05, 0.1) is 20.3 Å². The zero-order valence-electron chi connectivity index (χ0n) is 11.2. The molecule has 0 aliphatic carbocycles. The third-order valence-corrected chi connectivity index (χ3v) is 3.56. The van der Waals surface area contributed by atoms with Crippen LogP contribution in [0.4, 0.5) is 4.39 Å². The highest BCUT2D eigenvalue weighted by Gasteiger charge is 2.18. The van der Waals surface area contributed by atoms with Gasteiger partial charge in [-0.2, -0.15) is 0 Å². The summed E-state index contributed by atoms with van der Waals surface area (Å²) in [6, 6.07) is 9.47. The molecule has 1 unspecified atom stereocenters. The Labute approximate surface area is 125 Å². The lowest BCUT2D eigenvalue weighted by molar-refractivity contribution is 0.405. The van der Waals surface area contributed by atoms with Crippen molar-refractivity contribution >= 4 is 15.9 Å². The molecule has 0 aromatic heterocycles. The van der Waals surface area contributed by atoms with Gasteiger partial charge in [0.2, 0.25) is 0 Å². The predicted octanol–water partition coefficient (Wildman–Crippen LogP) is 3.65. The van der Waals surface area contributed by atoms with Gasteiger partial charge in [-0.15, -0.1) is 0 Å². The fourth-order valence-electron chi connectivity index (χ4n) is 2.00. The van der Waals surface area contributed by atoms with E-state index in [1.165, 1.54) is 13.2 Å². The lowest BCUT2D eigenvalue weighted by Crippen LogP contribution is -2.15. The van der Waals surface area contributed by atoms with Gasteiger partial charge in [-0.25, -0.2) is 4.39 Å².